The average Bonchev–Trinajstić information content (AvgIpc) is 3.40. The Kier molecular flexibility index (Phi) is 42.9. The SMILES string of the molecule is NCCCCC(NC(=O)C(CCCCN)NC(=O)C(CCCCN)NC(=O)C(CCCCN)NC(=O)CC(=O)NC(CCCCN)C(=O)NC(CCCCN)C(=O)NC(CCCCN)C(=O)NC(CCCCN)C(N)=O)C(N)=O. The lowest BCUT2D eigenvalue weighted by molar-refractivity contribution is -0.136. The van der Waals surface area contributed by atoms with Crippen molar-refractivity contribution in [1.29, 1.82) is 0 Å². The molecule has 0 saturated heterocycles. The summed E-state index contributed by atoms with van der Waals surface area (Å²) < 4.78 is 0. The minimum atomic E-state index is -1.26. The lowest BCUT2D eigenvalue weighted by atomic mass is 10.0. The highest BCUT2D eigenvalue weighted by atomic mass is 16.2. The molecule has 28 heteroatoms. The molecule has 0 rings (SSSR count). The van der Waals surface area contributed by atoms with Crippen molar-refractivity contribution in [3.8, 4) is 0 Å². The molecule has 0 saturated carbocycles. The Labute approximate surface area is 466 Å². The molecule has 8 atom stereocenters. The minimum Gasteiger partial charge on any atom is -0.368 e. The Hall–Kier alpha value is -5.62. The van der Waals surface area contributed by atoms with Gasteiger partial charge in [-0.05, 0) is 206 Å². The summed E-state index contributed by atoms with van der Waals surface area (Å²) in [6, 6.07) is -9.25. The highest BCUT2D eigenvalue weighted by Gasteiger charge is 2.33. The average molecular weight is 1130 g/mol. The van der Waals surface area contributed by atoms with Crippen LogP contribution in [-0.2, 0) is 47.9 Å². The quantitative estimate of drug-likeness (QED) is 0.0201. The van der Waals surface area contributed by atoms with Gasteiger partial charge in [0.05, 0.1) is 0 Å². The number of nitrogens with one attached hydrogen (secondary N) is 8. The number of rotatable bonds is 50. The van der Waals surface area contributed by atoms with Gasteiger partial charge >= 0.3 is 0 Å². The van der Waals surface area contributed by atoms with E-state index in [-0.39, 0.29) is 64.5 Å². The second kappa shape index (κ2) is 46.2. The molecule has 0 heterocycles. The summed E-state index contributed by atoms with van der Waals surface area (Å²) in [5, 5.41) is 21.3. The van der Waals surface area contributed by atoms with Gasteiger partial charge in [-0.2, -0.15) is 0 Å². The number of amides is 10. The van der Waals surface area contributed by atoms with Crippen LogP contribution in [0.25, 0.3) is 0 Å². The molecule has 28 N–H and O–H groups in total. The van der Waals surface area contributed by atoms with Gasteiger partial charge in [-0.25, -0.2) is 0 Å². The Balaban J connectivity index is 6.54. The summed E-state index contributed by atoms with van der Waals surface area (Å²) in [5.74, 6) is -7.54. The summed E-state index contributed by atoms with van der Waals surface area (Å²) >= 11 is 0. The fraction of sp³-hybridized carbons (Fsp3) is 0.804. The summed E-state index contributed by atoms with van der Waals surface area (Å²) in [6.07, 6.45) is 7.91. The van der Waals surface area contributed by atoms with Crippen LogP contribution >= 0.6 is 0 Å². The van der Waals surface area contributed by atoms with Gasteiger partial charge in [0.25, 0.3) is 0 Å². The van der Waals surface area contributed by atoms with Crippen LogP contribution in [0.2, 0.25) is 0 Å². The van der Waals surface area contributed by atoms with Crippen LogP contribution in [0.3, 0.4) is 0 Å². The van der Waals surface area contributed by atoms with E-state index < -0.39 is 114 Å². The first kappa shape index (κ1) is 73.4. The fourth-order valence-corrected chi connectivity index (χ4v) is 8.40. The molecule has 0 aromatic heterocycles. The molecule has 28 nitrogen and oxygen atoms in total. The van der Waals surface area contributed by atoms with Crippen molar-refractivity contribution < 1.29 is 47.9 Å². The Morgan fingerprint density at radius 2 is 0.380 bits per heavy atom. The van der Waals surface area contributed by atoms with Gasteiger partial charge in [0, 0.05) is 0 Å². The van der Waals surface area contributed by atoms with Crippen LogP contribution in [0, 0.1) is 0 Å². The zero-order valence-corrected chi connectivity index (χ0v) is 46.8. The standard InChI is InChI=1S/C51H102N18O10/c52-25-9-1-17-34(44(60)72)64-48(76)38(21-5-13-29-56)68-50(78)40(23-7-15-31-58)66-46(74)36(19-3-11-27-54)62-42(70)33-43(71)63-37(20-4-12-28-55)47(75)67-41(24-8-16-32-59)51(79)69-39(22-6-14-30-57)49(77)65-35(45(61)73)18-2-10-26-53/h34-41H,1-33,52-59H2,(H2,60,72)(H2,61,73)(H,62,70)(H,63,71)(H,64,76)(H,65,77)(H,66,74)(H,67,75)(H,68,78)(H,69,79). The van der Waals surface area contributed by atoms with E-state index in [1.165, 1.54) is 0 Å². The summed E-state index contributed by atoms with van der Waals surface area (Å²) in [7, 11) is 0. The van der Waals surface area contributed by atoms with E-state index in [0.29, 0.717) is 142 Å². The molecule has 0 bridgehead atoms. The molecule has 8 unspecified atom stereocenters. The topological polar surface area (TPSA) is 527 Å². The van der Waals surface area contributed by atoms with E-state index in [1.807, 2.05) is 0 Å². The van der Waals surface area contributed by atoms with Gasteiger partial charge in [0.1, 0.15) is 54.8 Å². The zero-order chi connectivity index (χ0) is 59.4. The van der Waals surface area contributed by atoms with E-state index in [1.54, 1.807) is 0 Å². The zero-order valence-electron chi connectivity index (χ0n) is 46.8. The molecular formula is C51H102N18O10. The summed E-state index contributed by atoms with van der Waals surface area (Å²) in [6.45, 7) is 2.53. The van der Waals surface area contributed by atoms with Crippen molar-refractivity contribution in [2.45, 2.75) is 209 Å². The number of unbranched alkanes of at least 4 members (excludes halogenated alkanes) is 8. The van der Waals surface area contributed by atoms with Gasteiger partial charge in [-0.1, -0.05) is 0 Å². The van der Waals surface area contributed by atoms with Crippen LogP contribution in [0.5, 0.6) is 0 Å². The third kappa shape index (κ3) is 34.2. The van der Waals surface area contributed by atoms with Crippen molar-refractivity contribution >= 4 is 59.1 Å². The first-order valence-corrected chi connectivity index (χ1v) is 28.5. The fourth-order valence-electron chi connectivity index (χ4n) is 8.40. The lowest BCUT2D eigenvalue weighted by Gasteiger charge is -2.27. The van der Waals surface area contributed by atoms with Crippen LogP contribution in [0.15, 0.2) is 0 Å². The number of primary amides is 2. The maximum Gasteiger partial charge on any atom is 0.243 e. The summed E-state index contributed by atoms with van der Waals surface area (Å²) in [4.78, 5) is 135. The predicted molar refractivity (Wildman–Crippen MR) is 302 cm³/mol. The highest BCUT2D eigenvalue weighted by Crippen LogP contribution is 2.12. The molecule has 0 aliphatic carbocycles. The second-order valence-electron chi connectivity index (χ2n) is 19.9. The minimum absolute atomic E-state index is 0.0596. The first-order chi connectivity index (χ1) is 37.9. The lowest BCUT2D eigenvalue weighted by Crippen LogP contribution is -2.58. The van der Waals surface area contributed by atoms with Crippen molar-refractivity contribution in [1.82, 2.24) is 42.5 Å². The largest absolute Gasteiger partial charge is 0.368 e. The molecule has 0 fully saturated rings. The Morgan fingerprint density at radius 1 is 0.228 bits per heavy atom. The number of hydrogen-bond donors (Lipinski definition) is 18. The third-order valence-corrected chi connectivity index (χ3v) is 13.1. The van der Waals surface area contributed by atoms with Gasteiger partial charge in [-0.3, -0.25) is 47.9 Å². The number of hydrogen-bond acceptors (Lipinski definition) is 18. The molecule has 79 heavy (non-hydrogen) atoms. The predicted octanol–water partition coefficient (Wildman–Crippen LogP) is -4.74. The number of carbonyl (C=O) groups excluding carboxylic acids is 10. The molecule has 0 aliphatic heterocycles. The van der Waals surface area contributed by atoms with E-state index in [2.05, 4.69) is 42.5 Å². The van der Waals surface area contributed by atoms with Crippen LogP contribution in [0.4, 0.5) is 0 Å². The van der Waals surface area contributed by atoms with Crippen molar-refractivity contribution in [3.63, 3.8) is 0 Å². The molecule has 10 amide bonds. The van der Waals surface area contributed by atoms with Gasteiger partial charge in [0.2, 0.25) is 59.1 Å². The smallest absolute Gasteiger partial charge is 0.243 e. The normalized spacial score (nSPS) is 14.2. The molecule has 0 aliphatic rings. The molecule has 0 radical (unpaired) electrons. The molecule has 0 spiro atoms. The second-order valence-corrected chi connectivity index (χ2v) is 19.9. The van der Waals surface area contributed by atoms with Crippen molar-refractivity contribution in [2.24, 2.45) is 57.3 Å². The third-order valence-electron chi connectivity index (χ3n) is 13.1. The number of nitrogens with two attached hydrogens (primary N) is 10. The van der Waals surface area contributed by atoms with Gasteiger partial charge < -0.3 is 99.9 Å². The van der Waals surface area contributed by atoms with Crippen LogP contribution < -0.4 is 99.9 Å². The van der Waals surface area contributed by atoms with E-state index in [0.717, 1.165) is 0 Å². The Morgan fingerprint density at radius 3 is 0.544 bits per heavy atom. The summed E-state index contributed by atoms with van der Waals surface area (Å²) in [5.41, 5.74) is 56.8. The monoisotopic (exact) mass is 1130 g/mol. The van der Waals surface area contributed by atoms with Crippen molar-refractivity contribution in [3.05, 3.63) is 0 Å². The van der Waals surface area contributed by atoms with E-state index in [4.69, 9.17) is 57.3 Å². The maximum atomic E-state index is 14.1. The van der Waals surface area contributed by atoms with Gasteiger partial charge in [-0.15, -0.1) is 0 Å². The maximum absolute atomic E-state index is 14.1. The molecule has 456 valence electrons. The number of carbonyl (C=O) groups is 10. The van der Waals surface area contributed by atoms with Crippen molar-refractivity contribution in [2.75, 3.05) is 52.4 Å². The van der Waals surface area contributed by atoms with Gasteiger partial charge in [0.15, 0.2) is 0 Å². The van der Waals surface area contributed by atoms with Crippen LogP contribution in [-0.4, -0.2) is 160 Å². The Bertz CT molecular complexity index is 1680. The van der Waals surface area contributed by atoms with E-state index in [9.17, 15) is 47.9 Å². The first-order valence-electron chi connectivity index (χ1n) is 28.5. The molecule has 0 aromatic rings. The highest BCUT2D eigenvalue weighted by molar-refractivity contribution is 6.01. The van der Waals surface area contributed by atoms with Crippen LogP contribution in [0.1, 0.15) is 161 Å². The molecule has 0 aromatic carbocycles. The van der Waals surface area contributed by atoms with E-state index >= 15 is 0 Å². The molecular weight excluding hydrogens is 1020 g/mol.